The number of phenols is 6. The molecule has 0 fully saturated rings. The molecule has 6 N–H and O–H groups in total. The maximum Gasteiger partial charge on any atom is 0.342 e. The van der Waals surface area contributed by atoms with Crippen LogP contribution < -0.4 is 0 Å². The predicted molar refractivity (Wildman–Crippen MR) is 280 cm³/mol. The minimum absolute atomic E-state index is 0.00870. The van der Waals surface area contributed by atoms with Gasteiger partial charge in [0, 0.05) is 38.5 Å². The number of hydrogen-bond donors (Lipinski definition) is 6. The maximum absolute atomic E-state index is 11.3. The Morgan fingerprint density at radius 1 is 0.256 bits per heavy atom. The zero-order chi connectivity index (χ0) is 56.5. The van der Waals surface area contributed by atoms with Crippen molar-refractivity contribution in [2.24, 2.45) is 0 Å². The molecular weight excluding hydrogens is 1010 g/mol. The van der Waals surface area contributed by atoms with Crippen molar-refractivity contribution in [2.45, 2.75) is 117 Å². The van der Waals surface area contributed by atoms with Gasteiger partial charge in [-0.25, -0.2) is 28.8 Å². The molecule has 78 heavy (non-hydrogen) atoms. The number of fused-ring (bicyclic) bond motifs is 6. The number of cyclic esters (lactones) is 6. The molecule has 0 amide bonds. The van der Waals surface area contributed by atoms with Crippen LogP contribution in [0.2, 0.25) is 0 Å². The predicted octanol–water partition coefficient (Wildman–Crippen LogP) is 8.96. The molecule has 0 spiro atoms. The lowest BCUT2D eigenvalue weighted by atomic mass is 9.98. The van der Waals surface area contributed by atoms with E-state index >= 15 is 0 Å². The van der Waals surface area contributed by atoms with E-state index in [0.717, 1.165) is 33.4 Å². The summed E-state index contributed by atoms with van der Waals surface area (Å²) in [6.07, 6.45) is 3.48. The zero-order valence-electron chi connectivity index (χ0n) is 43.7. The molecule has 6 aliphatic rings. The fraction of sp³-hybridized carbons (Fsp3) is 0.300. The first-order valence-electron chi connectivity index (χ1n) is 25.2. The van der Waals surface area contributed by atoms with Gasteiger partial charge in [0.2, 0.25) is 0 Å². The van der Waals surface area contributed by atoms with Crippen LogP contribution in [-0.4, -0.2) is 103 Å². The molecule has 6 atom stereocenters. The highest BCUT2D eigenvalue weighted by Gasteiger charge is 2.31. The molecular formula is C60H60O18. The summed E-state index contributed by atoms with van der Waals surface area (Å²) in [5, 5.41) is 56.5. The van der Waals surface area contributed by atoms with Gasteiger partial charge in [-0.05, 0) is 111 Å². The van der Waals surface area contributed by atoms with Gasteiger partial charge >= 0.3 is 35.8 Å². The third kappa shape index (κ3) is 13.5. The van der Waals surface area contributed by atoms with E-state index in [0.29, 0.717) is 71.9 Å². The van der Waals surface area contributed by atoms with Crippen molar-refractivity contribution >= 4 is 35.8 Å². The molecule has 0 saturated carbocycles. The molecule has 6 aromatic rings. The highest BCUT2D eigenvalue weighted by Crippen LogP contribution is 2.33. The molecule has 6 aliphatic heterocycles. The van der Waals surface area contributed by atoms with Crippen LogP contribution >= 0.6 is 0 Å². The van der Waals surface area contributed by atoms with Crippen LogP contribution in [0.15, 0.2) is 109 Å². The number of rotatable bonds is 0. The van der Waals surface area contributed by atoms with E-state index in [1.165, 1.54) is 36.4 Å². The monoisotopic (exact) mass is 1070 g/mol. The molecule has 0 aliphatic carbocycles. The van der Waals surface area contributed by atoms with Crippen molar-refractivity contribution in [3.05, 3.63) is 176 Å². The van der Waals surface area contributed by atoms with E-state index in [4.69, 9.17) is 28.4 Å². The zero-order valence-corrected chi connectivity index (χ0v) is 43.7. The van der Waals surface area contributed by atoms with Gasteiger partial charge in [-0.15, -0.1) is 0 Å². The quantitative estimate of drug-likeness (QED) is 0.0611. The molecule has 408 valence electrons. The van der Waals surface area contributed by atoms with Crippen LogP contribution in [0.4, 0.5) is 0 Å². The number of hydrogen-bond acceptors (Lipinski definition) is 18. The molecule has 6 aromatic carbocycles. The summed E-state index contributed by atoms with van der Waals surface area (Å²) in [4.78, 5) is 68.0. The van der Waals surface area contributed by atoms with Crippen molar-refractivity contribution in [3.8, 4) is 34.5 Å². The number of carbonyl (C=O) groups excluding carboxylic acids is 6. The Hall–Kier alpha value is -9.06. The Balaban J connectivity index is 0.000000136. The second-order valence-corrected chi connectivity index (χ2v) is 19.4. The number of ether oxygens (including phenoxy) is 6. The van der Waals surface area contributed by atoms with Crippen LogP contribution in [0.5, 0.6) is 34.5 Å². The van der Waals surface area contributed by atoms with Gasteiger partial charge in [0.05, 0.1) is 0 Å². The maximum atomic E-state index is 11.3. The highest BCUT2D eigenvalue weighted by atomic mass is 16.6. The average molecular weight is 1070 g/mol. The third-order valence-electron chi connectivity index (χ3n) is 12.9. The van der Waals surface area contributed by atoms with E-state index in [1.54, 1.807) is 36.4 Å². The van der Waals surface area contributed by atoms with Gasteiger partial charge < -0.3 is 59.1 Å². The fourth-order valence-electron chi connectivity index (χ4n) is 9.51. The van der Waals surface area contributed by atoms with Gasteiger partial charge in [0.25, 0.3) is 0 Å². The first kappa shape index (κ1) is 56.7. The van der Waals surface area contributed by atoms with Crippen molar-refractivity contribution in [1.82, 2.24) is 0 Å². The Bertz CT molecular complexity index is 2700. The van der Waals surface area contributed by atoms with E-state index in [-0.39, 0.29) is 71.1 Å². The van der Waals surface area contributed by atoms with Gasteiger partial charge in [0.15, 0.2) is 0 Å². The molecule has 0 bridgehead atoms. The SMILES string of the molecule is C[C@@H]1Cc2cccc(O)c2C(=O)O1.C[C@@H]1Cc2cccc(O)c2C(=O)O1.C[C@@H]1Cc2cccc(O)c2C(=O)O1.C[C@@H]1Cc2cccc(O)c2C(=O)O1.C[C@@H]1Cc2cccc(O)c2C(=O)O1.C[C@@H]1Cc2cccc(O)c2C(=O)O1. The molecule has 0 radical (unpaired) electrons. The average Bonchev–Trinajstić information content (AvgIpc) is 3.38. The minimum Gasteiger partial charge on any atom is -0.507 e. The summed E-state index contributed by atoms with van der Waals surface area (Å²) in [6.45, 7) is 11.0. The lowest BCUT2D eigenvalue weighted by Gasteiger charge is -2.21. The molecule has 18 heteroatoms. The Morgan fingerprint density at radius 3 is 0.513 bits per heavy atom. The summed E-state index contributed by atoms with van der Waals surface area (Å²) < 4.78 is 30.0. The standard InChI is InChI=1S/6C10H10O3/c6*1-6-5-7-3-2-4-8(11)9(7)10(12)13-6/h6*2-4,6,11H,5H2,1H3/t6*6-/m111111/s1. The van der Waals surface area contributed by atoms with Gasteiger partial charge in [-0.2, -0.15) is 0 Å². The van der Waals surface area contributed by atoms with E-state index in [9.17, 15) is 59.4 Å². The molecule has 12 rings (SSSR count). The Kier molecular flexibility index (Phi) is 18.0. The van der Waals surface area contributed by atoms with Crippen molar-refractivity contribution in [1.29, 1.82) is 0 Å². The van der Waals surface area contributed by atoms with Crippen LogP contribution in [0, 0.1) is 0 Å². The van der Waals surface area contributed by atoms with E-state index in [2.05, 4.69) is 0 Å². The van der Waals surface area contributed by atoms with Crippen molar-refractivity contribution in [2.75, 3.05) is 0 Å². The molecule has 6 heterocycles. The lowest BCUT2D eigenvalue weighted by Crippen LogP contribution is -2.24. The van der Waals surface area contributed by atoms with Crippen molar-refractivity contribution < 1.29 is 87.8 Å². The van der Waals surface area contributed by atoms with Crippen LogP contribution in [-0.2, 0) is 66.9 Å². The largest absolute Gasteiger partial charge is 0.507 e. The molecule has 0 aromatic heterocycles. The van der Waals surface area contributed by atoms with Crippen molar-refractivity contribution in [3.63, 3.8) is 0 Å². The normalized spacial score (nSPS) is 20.7. The minimum atomic E-state index is -0.424. The molecule has 0 saturated heterocycles. The summed E-state index contributed by atoms with van der Waals surface area (Å²) in [6, 6.07) is 30.4. The number of aromatic hydroxyl groups is 6. The third-order valence-corrected chi connectivity index (χ3v) is 12.9. The number of benzene rings is 6. The highest BCUT2D eigenvalue weighted by molar-refractivity contribution is 5.98. The summed E-state index contributed by atoms with van der Waals surface area (Å²) >= 11 is 0. The van der Waals surface area contributed by atoms with E-state index in [1.807, 2.05) is 77.9 Å². The number of esters is 6. The topological polar surface area (TPSA) is 279 Å². The van der Waals surface area contributed by atoms with Crippen LogP contribution in [0.1, 0.15) is 137 Å². The summed E-state index contributed by atoms with van der Waals surface area (Å²) in [5.74, 6) is -2.49. The van der Waals surface area contributed by atoms with Crippen LogP contribution in [0.3, 0.4) is 0 Å². The Morgan fingerprint density at radius 2 is 0.385 bits per heavy atom. The molecule has 0 unspecified atom stereocenters. The first-order valence-corrected chi connectivity index (χ1v) is 25.2. The Labute approximate surface area is 449 Å². The molecule has 18 nitrogen and oxygen atoms in total. The summed E-state index contributed by atoms with van der Waals surface area (Å²) in [7, 11) is 0. The van der Waals surface area contributed by atoms with Gasteiger partial charge in [-0.1, -0.05) is 72.8 Å². The second-order valence-electron chi connectivity index (χ2n) is 19.4. The fourth-order valence-corrected chi connectivity index (χ4v) is 9.51. The summed E-state index contributed by atoms with van der Waals surface area (Å²) in [5.41, 5.74) is 7.11. The number of carbonyl (C=O) groups is 6. The first-order chi connectivity index (χ1) is 37.1. The second kappa shape index (κ2) is 24.7. The van der Waals surface area contributed by atoms with Crippen LogP contribution in [0.25, 0.3) is 0 Å². The smallest absolute Gasteiger partial charge is 0.342 e. The van der Waals surface area contributed by atoms with Gasteiger partial charge in [-0.3, -0.25) is 0 Å². The van der Waals surface area contributed by atoms with Gasteiger partial charge in [0.1, 0.15) is 105 Å². The lowest BCUT2D eigenvalue weighted by molar-refractivity contribution is 0.0286. The van der Waals surface area contributed by atoms with E-state index < -0.39 is 35.8 Å². The number of phenolic OH excluding ortho intramolecular Hbond substituents is 6.